The smallest absolute Gasteiger partial charge is 0.0673 e. The van der Waals surface area contributed by atoms with Crippen molar-refractivity contribution in [1.82, 2.24) is 10.2 Å². The summed E-state index contributed by atoms with van der Waals surface area (Å²) in [6.07, 6.45) is 1.57. The highest BCUT2D eigenvalue weighted by Gasteiger charge is 2.16. The molecule has 2 unspecified atom stereocenters. The van der Waals surface area contributed by atoms with Gasteiger partial charge >= 0.3 is 0 Å². The van der Waals surface area contributed by atoms with Gasteiger partial charge in [-0.25, -0.2) is 0 Å². The maximum atomic E-state index is 5.66. The Balaban J connectivity index is 2.23. The van der Waals surface area contributed by atoms with E-state index in [0.717, 1.165) is 19.7 Å². The number of hydrogen-bond acceptors (Lipinski definition) is 3. The van der Waals surface area contributed by atoms with Crippen LogP contribution in [0.4, 0.5) is 0 Å². The SMILES string of the molecule is CC(CNC(C)C)CN1CCCOC(C)C1. The van der Waals surface area contributed by atoms with Crippen molar-refractivity contribution in [2.45, 2.75) is 46.3 Å². The van der Waals surface area contributed by atoms with Gasteiger partial charge in [-0.15, -0.1) is 0 Å². The second kappa shape index (κ2) is 7.25. The minimum atomic E-state index is 0.396. The minimum Gasteiger partial charge on any atom is -0.377 e. The van der Waals surface area contributed by atoms with Crippen molar-refractivity contribution >= 4 is 0 Å². The summed E-state index contributed by atoms with van der Waals surface area (Å²) < 4.78 is 5.66. The molecule has 96 valence electrons. The minimum absolute atomic E-state index is 0.396. The molecule has 1 rings (SSSR count). The summed E-state index contributed by atoms with van der Waals surface area (Å²) in [5, 5.41) is 3.50. The molecule has 3 heteroatoms. The highest BCUT2D eigenvalue weighted by molar-refractivity contribution is 4.70. The van der Waals surface area contributed by atoms with E-state index in [0.29, 0.717) is 18.1 Å². The molecule has 0 aromatic carbocycles. The fourth-order valence-corrected chi connectivity index (χ4v) is 2.19. The lowest BCUT2D eigenvalue weighted by Gasteiger charge is -2.25. The van der Waals surface area contributed by atoms with Crippen LogP contribution in [0.25, 0.3) is 0 Å². The van der Waals surface area contributed by atoms with Crippen LogP contribution in [0.15, 0.2) is 0 Å². The summed E-state index contributed by atoms with van der Waals surface area (Å²) >= 11 is 0. The van der Waals surface area contributed by atoms with E-state index in [2.05, 4.69) is 37.9 Å². The van der Waals surface area contributed by atoms with E-state index in [1.807, 2.05) is 0 Å². The molecular formula is C13H28N2O. The zero-order chi connectivity index (χ0) is 12.0. The van der Waals surface area contributed by atoms with Gasteiger partial charge in [0.2, 0.25) is 0 Å². The second-order valence-electron chi connectivity index (χ2n) is 5.46. The number of ether oxygens (including phenoxy) is 1. The van der Waals surface area contributed by atoms with Gasteiger partial charge in [-0.05, 0) is 25.8 Å². The van der Waals surface area contributed by atoms with E-state index in [4.69, 9.17) is 4.74 Å². The molecular weight excluding hydrogens is 200 g/mol. The molecule has 1 saturated heterocycles. The highest BCUT2D eigenvalue weighted by atomic mass is 16.5. The first-order valence-corrected chi connectivity index (χ1v) is 6.65. The van der Waals surface area contributed by atoms with E-state index in [1.54, 1.807) is 0 Å². The van der Waals surface area contributed by atoms with Crippen LogP contribution in [0.2, 0.25) is 0 Å². The van der Waals surface area contributed by atoms with Crippen LogP contribution in [0, 0.1) is 5.92 Å². The third-order valence-electron chi connectivity index (χ3n) is 2.98. The van der Waals surface area contributed by atoms with Crippen molar-refractivity contribution in [1.29, 1.82) is 0 Å². The molecule has 0 aromatic rings. The molecule has 1 fully saturated rings. The Morgan fingerprint density at radius 1 is 1.38 bits per heavy atom. The summed E-state index contributed by atoms with van der Waals surface area (Å²) in [4.78, 5) is 2.55. The maximum absolute atomic E-state index is 5.66. The molecule has 1 aliphatic rings. The summed E-state index contributed by atoms with van der Waals surface area (Å²) in [6.45, 7) is 14.4. The van der Waals surface area contributed by atoms with Crippen LogP contribution in [0.5, 0.6) is 0 Å². The zero-order valence-electron chi connectivity index (χ0n) is 11.3. The average molecular weight is 228 g/mol. The number of rotatable bonds is 5. The number of nitrogens with zero attached hydrogens (tertiary/aromatic N) is 1. The second-order valence-corrected chi connectivity index (χ2v) is 5.46. The molecule has 1 aliphatic heterocycles. The van der Waals surface area contributed by atoms with Gasteiger partial charge in [0.25, 0.3) is 0 Å². The average Bonchev–Trinajstić information content (AvgIpc) is 2.40. The molecule has 0 aliphatic carbocycles. The van der Waals surface area contributed by atoms with Gasteiger partial charge in [-0.2, -0.15) is 0 Å². The van der Waals surface area contributed by atoms with Gasteiger partial charge in [0.05, 0.1) is 6.10 Å². The third-order valence-corrected chi connectivity index (χ3v) is 2.98. The maximum Gasteiger partial charge on any atom is 0.0673 e. The van der Waals surface area contributed by atoms with Gasteiger partial charge in [-0.3, -0.25) is 0 Å². The van der Waals surface area contributed by atoms with Crippen LogP contribution in [0.1, 0.15) is 34.1 Å². The van der Waals surface area contributed by atoms with Crippen molar-refractivity contribution in [2.75, 3.05) is 32.8 Å². The Morgan fingerprint density at radius 2 is 2.12 bits per heavy atom. The Labute approximate surface area is 101 Å². The molecule has 0 bridgehead atoms. The van der Waals surface area contributed by atoms with Crippen molar-refractivity contribution in [3.05, 3.63) is 0 Å². The van der Waals surface area contributed by atoms with Gasteiger partial charge in [0.15, 0.2) is 0 Å². The monoisotopic (exact) mass is 228 g/mol. The first-order chi connectivity index (χ1) is 7.58. The Morgan fingerprint density at radius 3 is 2.81 bits per heavy atom. The van der Waals surface area contributed by atoms with Gasteiger partial charge in [-0.1, -0.05) is 20.8 Å². The molecule has 1 heterocycles. The third kappa shape index (κ3) is 5.83. The highest BCUT2D eigenvalue weighted by Crippen LogP contribution is 2.08. The quantitative estimate of drug-likeness (QED) is 0.775. The van der Waals surface area contributed by atoms with Gasteiger partial charge < -0.3 is 15.0 Å². The molecule has 1 N–H and O–H groups in total. The predicted octanol–water partition coefficient (Wildman–Crippen LogP) is 1.73. The van der Waals surface area contributed by atoms with Crippen molar-refractivity contribution in [2.24, 2.45) is 5.92 Å². The molecule has 2 atom stereocenters. The van der Waals surface area contributed by atoms with Crippen LogP contribution in [0.3, 0.4) is 0 Å². The number of nitrogens with one attached hydrogen (secondary N) is 1. The first-order valence-electron chi connectivity index (χ1n) is 6.65. The zero-order valence-corrected chi connectivity index (χ0v) is 11.3. The largest absolute Gasteiger partial charge is 0.377 e. The lowest BCUT2D eigenvalue weighted by Crippen LogP contribution is -2.38. The van der Waals surface area contributed by atoms with Gasteiger partial charge in [0, 0.05) is 32.3 Å². The van der Waals surface area contributed by atoms with Gasteiger partial charge in [0.1, 0.15) is 0 Å². The fraction of sp³-hybridized carbons (Fsp3) is 1.00. The van der Waals surface area contributed by atoms with E-state index in [1.165, 1.54) is 19.5 Å². The Hall–Kier alpha value is -0.120. The molecule has 0 amide bonds. The summed E-state index contributed by atoms with van der Waals surface area (Å²) in [7, 11) is 0. The predicted molar refractivity (Wildman–Crippen MR) is 68.8 cm³/mol. The van der Waals surface area contributed by atoms with E-state index >= 15 is 0 Å². The Kier molecular flexibility index (Phi) is 6.32. The molecule has 0 saturated carbocycles. The summed E-state index contributed by atoms with van der Waals surface area (Å²) in [6, 6.07) is 0.592. The van der Waals surface area contributed by atoms with Crippen LogP contribution in [-0.4, -0.2) is 49.8 Å². The number of hydrogen-bond donors (Lipinski definition) is 1. The van der Waals surface area contributed by atoms with Crippen molar-refractivity contribution < 1.29 is 4.74 Å². The van der Waals surface area contributed by atoms with Crippen LogP contribution in [-0.2, 0) is 4.74 Å². The van der Waals surface area contributed by atoms with Crippen molar-refractivity contribution in [3.63, 3.8) is 0 Å². The lowest BCUT2D eigenvalue weighted by atomic mass is 10.1. The molecule has 0 radical (unpaired) electrons. The van der Waals surface area contributed by atoms with Crippen molar-refractivity contribution in [3.8, 4) is 0 Å². The molecule has 0 spiro atoms. The topological polar surface area (TPSA) is 24.5 Å². The summed E-state index contributed by atoms with van der Waals surface area (Å²) in [5.74, 6) is 0.715. The molecule has 16 heavy (non-hydrogen) atoms. The first kappa shape index (κ1) is 13.9. The molecule has 3 nitrogen and oxygen atoms in total. The standard InChI is InChI=1S/C13H28N2O/c1-11(2)14-8-12(3)9-15-6-5-7-16-13(4)10-15/h11-14H,5-10H2,1-4H3. The Bertz CT molecular complexity index is 185. The normalized spacial score (nSPS) is 25.7. The summed E-state index contributed by atoms with van der Waals surface area (Å²) in [5.41, 5.74) is 0. The van der Waals surface area contributed by atoms with E-state index in [-0.39, 0.29) is 0 Å². The van der Waals surface area contributed by atoms with Crippen LogP contribution >= 0.6 is 0 Å². The van der Waals surface area contributed by atoms with E-state index < -0.39 is 0 Å². The fourth-order valence-electron chi connectivity index (χ4n) is 2.19. The van der Waals surface area contributed by atoms with Crippen LogP contribution < -0.4 is 5.32 Å². The lowest BCUT2D eigenvalue weighted by molar-refractivity contribution is 0.0658. The van der Waals surface area contributed by atoms with E-state index in [9.17, 15) is 0 Å². The molecule has 0 aromatic heterocycles.